The van der Waals surface area contributed by atoms with Gasteiger partial charge in [0.05, 0.1) is 13.2 Å². The molecule has 0 amide bonds. The second-order valence-electron chi connectivity index (χ2n) is 4.56. The van der Waals surface area contributed by atoms with E-state index in [0.717, 1.165) is 18.7 Å². The smallest absolute Gasteiger partial charge is 0.0731 e. The molecular formula is C13H20N2O. The highest BCUT2D eigenvalue weighted by atomic mass is 16.5. The number of aromatic nitrogens is 1. The maximum Gasteiger partial charge on any atom is 0.0731 e. The quantitative estimate of drug-likeness (QED) is 0.825. The molecule has 2 unspecified atom stereocenters. The van der Waals surface area contributed by atoms with Crippen molar-refractivity contribution in [3.63, 3.8) is 0 Å². The van der Waals surface area contributed by atoms with Gasteiger partial charge in [-0.25, -0.2) is 0 Å². The predicted octanol–water partition coefficient (Wildman–Crippen LogP) is 1.97. The average Bonchev–Trinajstić information content (AvgIpc) is 2.78. The number of hydrogen-bond donors (Lipinski definition) is 1. The topological polar surface area (TPSA) is 48.1 Å². The lowest BCUT2D eigenvalue weighted by Crippen LogP contribution is -2.22. The number of pyridine rings is 1. The number of rotatable bonds is 5. The Labute approximate surface area is 97.0 Å². The maximum absolute atomic E-state index is 5.74. The largest absolute Gasteiger partial charge is 0.376 e. The molecule has 1 aliphatic carbocycles. The minimum Gasteiger partial charge on any atom is -0.376 e. The Hall–Kier alpha value is -0.930. The zero-order valence-corrected chi connectivity index (χ0v) is 9.64. The Kier molecular flexibility index (Phi) is 4.31. The fourth-order valence-electron chi connectivity index (χ4n) is 2.46. The first-order valence-electron chi connectivity index (χ1n) is 6.07. The molecule has 0 spiro atoms. The summed E-state index contributed by atoms with van der Waals surface area (Å²) >= 11 is 0. The molecule has 1 heterocycles. The average molecular weight is 220 g/mol. The second kappa shape index (κ2) is 5.97. The summed E-state index contributed by atoms with van der Waals surface area (Å²) in [6, 6.07) is 3.99. The van der Waals surface area contributed by atoms with Crippen molar-refractivity contribution in [1.29, 1.82) is 0 Å². The summed E-state index contributed by atoms with van der Waals surface area (Å²) in [6.45, 7) is 2.32. The van der Waals surface area contributed by atoms with Gasteiger partial charge in [0.15, 0.2) is 0 Å². The molecule has 88 valence electrons. The molecule has 0 aromatic carbocycles. The van der Waals surface area contributed by atoms with Crippen LogP contribution in [0.5, 0.6) is 0 Å². The highest BCUT2D eigenvalue weighted by Crippen LogP contribution is 2.31. The lowest BCUT2D eigenvalue weighted by atomic mass is 9.97. The molecule has 2 N–H and O–H groups in total. The van der Waals surface area contributed by atoms with Crippen molar-refractivity contribution in [2.45, 2.75) is 25.9 Å². The molecular weight excluding hydrogens is 200 g/mol. The fraction of sp³-hybridized carbons (Fsp3) is 0.615. The summed E-state index contributed by atoms with van der Waals surface area (Å²) in [5.41, 5.74) is 6.88. The molecule has 1 aliphatic rings. The molecule has 0 bridgehead atoms. The normalized spacial score (nSPS) is 24.8. The summed E-state index contributed by atoms with van der Waals surface area (Å²) in [6.07, 6.45) is 7.50. The van der Waals surface area contributed by atoms with E-state index >= 15 is 0 Å². The predicted molar refractivity (Wildman–Crippen MR) is 63.8 cm³/mol. The van der Waals surface area contributed by atoms with Gasteiger partial charge in [0, 0.05) is 12.4 Å². The van der Waals surface area contributed by atoms with Crippen LogP contribution in [0.15, 0.2) is 24.5 Å². The fourth-order valence-corrected chi connectivity index (χ4v) is 2.46. The van der Waals surface area contributed by atoms with Gasteiger partial charge in [0.1, 0.15) is 0 Å². The minimum atomic E-state index is 0.668. The van der Waals surface area contributed by atoms with Crippen molar-refractivity contribution in [3.8, 4) is 0 Å². The number of hydrogen-bond acceptors (Lipinski definition) is 3. The Morgan fingerprint density at radius 1 is 1.38 bits per heavy atom. The summed E-state index contributed by atoms with van der Waals surface area (Å²) in [4.78, 5) is 4.07. The summed E-state index contributed by atoms with van der Waals surface area (Å²) in [5, 5.41) is 0. The van der Waals surface area contributed by atoms with Crippen LogP contribution in [0.3, 0.4) is 0 Å². The molecule has 2 rings (SSSR count). The van der Waals surface area contributed by atoms with Crippen LogP contribution in [0, 0.1) is 11.8 Å². The van der Waals surface area contributed by atoms with Crippen LogP contribution >= 0.6 is 0 Å². The van der Waals surface area contributed by atoms with Gasteiger partial charge in [-0.15, -0.1) is 0 Å². The van der Waals surface area contributed by atoms with Crippen molar-refractivity contribution in [1.82, 2.24) is 4.98 Å². The SMILES string of the molecule is NCC1CCCC1COCc1cccnc1. The molecule has 2 atom stereocenters. The summed E-state index contributed by atoms with van der Waals surface area (Å²) in [5.74, 6) is 1.34. The Morgan fingerprint density at radius 3 is 3.00 bits per heavy atom. The van der Waals surface area contributed by atoms with E-state index in [9.17, 15) is 0 Å². The van der Waals surface area contributed by atoms with Crippen molar-refractivity contribution in [2.24, 2.45) is 17.6 Å². The molecule has 1 aromatic rings. The molecule has 0 aliphatic heterocycles. The van der Waals surface area contributed by atoms with Gasteiger partial charge in [-0.3, -0.25) is 4.98 Å². The van der Waals surface area contributed by atoms with E-state index in [-0.39, 0.29) is 0 Å². The first kappa shape index (κ1) is 11.6. The molecule has 3 nitrogen and oxygen atoms in total. The molecule has 16 heavy (non-hydrogen) atoms. The van der Waals surface area contributed by atoms with Crippen LogP contribution in [0.25, 0.3) is 0 Å². The minimum absolute atomic E-state index is 0.668. The van der Waals surface area contributed by atoms with Crippen molar-refractivity contribution in [2.75, 3.05) is 13.2 Å². The van der Waals surface area contributed by atoms with Crippen LogP contribution in [0.1, 0.15) is 24.8 Å². The van der Waals surface area contributed by atoms with Gasteiger partial charge in [-0.05, 0) is 42.9 Å². The molecule has 1 aromatic heterocycles. The third kappa shape index (κ3) is 3.03. The van der Waals surface area contributed by atoms with Crippen LogP contribution < -0.4 is 5.73 Å². The van der Waals surface area contributed by atoms with E-state index in [2.05, 4.69) is 4.98 Å². The van der Waals surface area contributed by atoms with Crippen molar-refractivity contribution < 1.29 is 4.74 Å². The van der Waals surface area contributed by atoms with E-state index in [4.69, 9.17) is 10.5 Å². The lowest BCUT2D eigenvalue weighted by Gasteiger charge is -2.17. The van der Waals surface area contributed by atoms with E-state index < -0.39 is 0 Å². The molecule has 1 fully saturated rings. The van der Waals surface area contributed by atoms with Gasteiger partial charge >= 0.3 is 0 Å². The van der Waals surface area contributed by atoms with E-state index in [1.54, 1.807) is 6.20 Å². The summed E-state index contributed by atoms with van der Waals surface area (Å²) in [7, 11) is 0. The molecule has 3 heteroatoms. The highest BCUT2D eigenvalue weighted by molar-refractivity contribution is 5.06. The van der Waals surface area contributed by atoms with Gasteiger partial charge < -0.3 is 10.5 Å². The Bertz CT molecular complexity index is 302. The standard InChI is InChI=1S/C13H20N2O/c14-7-12-4-1-5-13(12)10-16-9-11-3-2-6-15-8-11/h2-3,6,8,12-13H,1,4-5,7,9-10,14H2. The monoisotopic (exact) mass is 220 g/mol. The van der Waals surface area contributed by atoms with E-state index in [1.807, 2.05) is 18.3 Å². The Balaban J connectivity index is 1.72. The number of ether oxygens (including phenoxy) is 1. The van der Waals surface area contributed by atoms with Gasteiger partial charge in [0.2, 0.25) is 0 Å². The molecule has 1 saturated carbocycles. The molecule has 0 radical (unpaired) electrons. The van der Waals surface area contributed by atoms with Crippen molar-refractivity contribution in [3.05, 3.63) is 30.1 Å². The van der Waals surface area contributed by atoms with E-state index in [0.29, 0.717) is 18.4 Å². The third-order valence-corrected chi connectivity index (χ3v) is 3.44. The van der Waals surface area contributed by atoms with Gasteiger partial charge in [-0.1, -0.05) is 12.5 Å². The maximum atomic E-state index is 5.74. The van der Waals surface area contributed by atoms with Crippen LogP contribution in [-0.2, 0) is 11.3 Å². The van der Waals surface area contributed by atoms with Gasteiger partial charge in [-0.2, -0.15) is 0 Å². The third-order valence-electron chi connectivity index (χ3n) is 3.44. The van der Waals surface area contributed by atoms with Crippen LogP contribution in [0.2, 0.25) is 0 Å². The molecule has 0 saturated heterocycles. The Morgan fingerprint density at radius 2 is 2.25 bits per heavy atom. The number of nitrogens with two attached hydrogens (primary N) is 1. The zero-order chi connectivity index (χ0) is 11.2. The van der Waals surface area contributed by atoms with E-state index in [1.165, 1.54) is 19.3 Å². The van der Waals surface area contributed by atoms with Crippen molar-refractivity contribution >= 4 is 0 Å². The highest BCUT2D eigenvalue weighted by Gasteiger charge is 2.25. The first-order chi connectivity index (χ1) is 7.90. The first-order valence-corrected chi connectivity index (χ1v) is 6.07. The number of nitrogens with zero attached hydrogens (tertiary/aromatic N) is 1. The zero-order valence-electron chi connectivity index (χ0n) is 9.64. The van der Waals surface area contributed by atoms with Crippen LogP contribution in [0.4, 0.5) is 0 Å². The lowest BCUT2D eigenvalue weighted by molar-refractivity contribution is 0.0752. The summed E-state index contributed by atoms with van der Waals surface area (Å²) < 4.78 is 5.74. The second-order valence-corrected chi connectivity index (χ2v) is 4.56. The van der Waals surface area contributed by atoms with Crippen LogP contribution in [-0.4, -0.2) is 18.1 Å². The van der Waals surface area contributed by atoms with Gasteiger partial charge in [0.25, 0.3) is 0 Å².